The zero-order chi connectivity index (χ0) is 7.11. The molecule has 0 aliphatic carbocycles. The van der Waals surface area contributed by atoms with E-state index in [1.54, 1.807) is 0 Å². The Labute approximate surface area is 63.2 Å². The Kier molecular flexibility index (Phi) is 6.65. The molecule has 0 aromatic carbocycles. The smallest absolute Gasteiger partial charge is 0.0499 e. The Bertz CT molecular complexity index is 56.9. The summed E-state index contributed by atoms with van der Waals surface area (Å²) in [5.74, 6) is 1.52. The summed E-state index contributed by atoms with van der Waals surface area (Å²) in [6.07, 6.45) is 1.11. The van der Waals surface area contributed by atoms with E-state index in [2.05, 4.69) is 26.5 Å². The van der Waals surface area contributed by atoms with Crippen molar-refractivity contribution in [1.29, 1.82) is 0 Å². The van der Waals surface area contributed by atoms with Crippen molar-refractivity contribution in [2.24, 2.45) is 5.92 Å². The first-order chi connectivity index (χ1) is 4.31. The van der Waals surface area contributed by atoms with Crippen LogP contribution in [0.2, 0.25) is 0 Å². The number of ether oxygens (including phenoxy) is 1. The zero-order valence-electron chi connectivity index (χ0n) is 6.26. The van der Waals surface area contributed by atoms with Crippen LogP contribution < -0.4 is 0 Å². The fraction of sp³-hybridized carbons (Fsp3) is 1.00. The summed E-state index contributed by atoms with van der Waals surface area (Å²) in [4.78, 5) is 0. The molecule has 0 fully saturated rings. The normalized spacial score (nSPS) is 13.7. The fourth-order valence-electron chi connectivity index (χ4n) is 0.482. The van der Waals surface area contributed by atoms with Gasteiger partial charge in [-0.3, -0.25) is 0 Å². The lowest BCUT2D eigenvalue weighted by molar-refractivity contribution is 0.112. The molecule has 56 valence electrons. The van der Waals surface area contributed by atoms with E-state index in [1.807, 2.05) is 0 Å². The van der Waals surface area contributed by atoms with Crippen LogP contribution >= 0.6 is 12.6 Å². The van der Waals surface area contributed by atoms with E-state index in [1.165, 1.54) is 0 Å². The lowest BCUT2D eigenvalue weighted by Crippen LogP contribution is -2.07. The van der Waals surface area contributed by atoms with Crippen LogP contribution in [0.15, 0.2) is 0 Å². The van der Waals surface area contributed by atoms with Crippen LogP contribution in [0.5, 0.6) is 0 Å². The molecule has 0 bridgehead atoms. The fourth-order valence-corrected chi connectivity index (χ4v) is 0.587. The number of rotatable bonds is 5. The SMILES string of the molecule is CCCOCC(C)CS. The van der Waals surface area contributed by atoms with Crippen LogP contribution in [0.25, 0.3) is 0 Å². The second kappa shape index (κ2) is 6.43. The molecule has 0 aliphatic rings. The molecule has 0 N–H and O–H groups in total. The Balaban J connectivity index is 2.88. The van der Waals surface area contributed by atoms with Gasteiger partial charge in [0.25, 0.3) is 0 Å². The van der Waals surface area contributed by atoms with Crippen LogP contribution in [0, 0.1) is 5.92 Å². The van der Waals surface area contributed by atoms with Crippen LogP contribution in [0.4, 0.5) is 0 Å². The molecule has 1 atom stereocenters. The van der Waals surface area contributed by atoms with Crippen LogP contribution in [0.3, 0.4) is 0 Å². The van der Waals surface area contributed by atoms with Crippen molar-refractivity contribution in [3.05, 3.63) is 0 Å². The van der Waals surface area contributed by atoms with Crippen molar-refractivity contribution >= 4 is 12.6 Å². The third-order valence-corrected chi connectivity index (χ3v) is 1.69. The highest BCUT2D eigenvalue weighted by Crippen LogP contribution is 1.97. The molecule has 1 nitrogen and oxygen atoms in total. The number of hydrogen-bond acceptors (Lipinski definition) is 2. The maximum Gasteiger partial charge on any atom is 0.0499 e. The lowest BCUT2D eigenvalue weighted by atomic mass is 10.2. The molecular formula is C7H16OS. The molecule has 0 rings (SSSR count). The second-order valence-corrected chi connectivity index (χ2v) is 2.73. The quantitative estimate of drug-likeness (QED) is 0.463. The van der Waals surface area contributed by atoms with Crippen molar-refractivity contribution in [2.75, 3.05) is 19.0 Å². The molecule has 0 heterocycles. The van der Waals surface area contributed by atoms with Gasteiger partial charge in [-0.25, -0.2) is 0 Å². The summed E-state index contributed by atoms with van der Waals surface area (Å²) >= 11 is 4.14. The topological polar surface area (TPSA) is 9.23 Å². The van der Waals surface area contributed by atoms with Gasteiger partial charge in [0.15, 0.2) is 0 Å². The van der Waals surface area contributed by atoms with Crippen LogP contribution in [-0.2, 0) is 4.74 Å². The molecule has 2 heteroatoms. The summed E-state index contributed by atoms with van der Waals surface area (Å²) in [5, 5.41) is 0. The predicted molar refractivity (Wildman–Crippen MR) is 44.1 cm³/mol. The minimum absolute atomic E-state index is 0.597. The number of hydrogen-bond donors (Lipinski definition) is 1. The molecule has 0 saturated carbocycles. The Hall–Kier alpha value is 0.310. The molecule has 9 heavy (non-hydrogen) atoms. The molecule has 0 radical (unpaired) electrons. The maximum atomic E-state index is 5.29. The highest BCUT2D eigenvalue weighted by molar-refractivity contribution is 7.80. The van der Waals surface area contributed by atoms with Gasteiger partial charge >= 0.3 is 0 Å². The van der Waals surface area contributed by atoms with Gasteiger partial charge < -0.3 is 4.74 Å². The first-order valence-electron chi connectivity index (χ1n) is 3.49. The summed E-state index contributed by atoms with van der Waals surface area (Å²) < 4.78 is 5.29. The minimum atomic E-state index is 0.597. The van der Waals surface area contributed by atoms with Gasteiger partial charge in [-0.2, -0.15) is 12.6 Å². The third-order valence-electron chi connectivity index (χ3n) is 1.06. The van der Waals surface area contributed by atoms with Crippen molar-refractivity contribution in [3.63, 3.8) is 0 Å². The lowest BCUT2D eigenvalue weighted by Gasteiger charge is -2.06. The average molecular weight is 148 g/mol. The van der Waals surface area contributed by atoms with Gasteiger partial charge in [-0.1, -0.05) is 13.8 Å². The van der Waals surface area contributed by atoms with Crippen molar-refractivity contribution in [3.8, 4) is 0 Å². The monoisotopic (exact) mass is 148 g/mol. The van der Waals surface area contributed by atoms with Crippen LogP contribution in [0.1, 0.15) is 20.3 Å². The Morgan fingerprint density at radius 1 is 1.56 bits per heavy atom. The molecule has 0 saturated heterocycles. The summed E-state index contributed by atoms with van der Waals surface area (Å²) in [6, 6.07) is 0. The molecular weight excluding hydrogens is 132 g/mol. The van der Waals surface area contributed by atoms with E-state index in [9.17, 15) is 0 Å². The third kappa shape index (κ3) is 6.19. The molecule has 0 spiro atoms. The van der Waals surface area contributed by atoms with Crippen molar-refractivity contribution < 1.29 is 4.74 Å². The van der Waals surface area contributed by atoms with Crippen molar-refractivity contribution in [2.45, 2.75) is 20.3 Å². The van der Waals surface area contributed by atoms with E-state index >= 15 is 0 Å². The summed E-state index contributed by atoms with van der Waals surface area (Å²) in [7, 11) is 0. The van der Waals surface area contributed by atoms with Gasteiger partial charge in [0.2, 0.25) is 0 Å². The van der Waals surface area contributed by atoms with Gasteiger partial charge in [0.1, 0.15) is 0 Å². The second-order valence-electron chi connectivity index (χ2n) is 2.36. The highest BCUT2D eigenvalue weighted by atomic mass is 32.1. The summed E-state index contributed by atoms with van der Waals surface area (Å²) in [6.45, 7) is 6.00. The van der Waals surface area contributed by atoms with Gasteiger partial charge in [0, 0.05) is 13.2 Å². The van der Waals surface area contributed by atoms with Gasteiger partial charge in [0.05, 0.1) is 0 Å². The van der Waals surface area contributed by atoms with Gasteiger partial charge in [-0.05, 0) is 18.1 Å². The van der Waals surface area contributed by atoms with Gasteiger partial charge in [-0.15, -0.1) is 0 Å². The largest absolute Gasteiger partial charge is 0.381 e. The van der Waals surface area contributed by atoms with Crippen LogP contribution in [-0.4, -0.2) is 19.0 Å². The Morgan fingerprint density at radius 2 is 2.22 bits per heavy atom. The molecule has 1 unspecified atom stereocenters. The molecule has 0 aliphatic heterocycles. The predicted octanol–water partition coefficient (Wildman–Crippen LogP) is 1.98. The molecule has 0 aromatic heterocycles. The average Bonchev–Trinajstić information content (AvgIpc) is 1.89. The minimum Gasteiger partial charge on any atom is -0.381 e. The van der Waals surface area contributed by atoms with E-state index < -0.39 is 0 Å². The van der Waals surface area contributed by atoms with E-state index in [-0.39, 0.29) is 0 Å². The maximum absolute atomic E-state index is 5.29. The first kappa shape index (κ1) is 9.31. The summed E-state index contributed by atoms with van der Waals surface area (Å²) in [5.41, 5.74) is 0. The Morgan fingerprint density at radius 3 is 2.67 bits per heavy atom. The van der Waals surface area contributed by atoms with Crippen molar-refractivity contribution in [1.82, 2.24) is 0 Å². The standard InChI is InChI=1S/C7H16OS/c1-3-4-8-5-7(2)6-9/h7,9H,3-6H2,1-2H3. The highest BCUT2D eigenvalue weighted by Gasteiger charge is 1.96. The zero-order valence-corrected chi connectivity index (χ0v) is 7.16. The van der Waals surface area contributed by atoms with E-state index in [0.29, 0.717) is 5.92 Å². The number of thiol groups is 1. The molecule has 0 amide bonds. The van der Waals surface area contributed by atoms with E-state index in [0.717, 1.165) is 25.4 Å². The molecule has 0 aromatic rings. The first-order valence-corrected chi connectivity index (χ1v) is 4.13. The van der Waals surface area contributed by atoms with E-state index in [4.69, 9.17) is 4.74 Å².